The van der Waals surface area contributed by atoms with Crippen LogP contribution in [-0.2, 0) is 14.3 Å². The van der Waals surface area contributed by atoms with Gasteiger partial charge >= 0.3 is 5.97 Å². The Hall–Kier alpha value is -3.08. The molecule has 2 unspecified atom stereocenters. The van der Waals surface area contributed by atoms with E-state index in [1.807, 2.05) is 0 Å². The van der Waals surface area contributed by atoms with Crippen LogP contribution in [0.25, 0.3) is 0 Å². The van der Waals surface area contributed by atoms with Crippen molar-refractivity contribution in [1.82, 2.24) is 0 Å². The van der Waals surface area contributed by atoms with Gasteiger partial charge in [0.2, 0.25) is 0 Å². The summed E-state index contributed by atoms with van der Waals surface area (Å²) in [6.45, 7) is 3.04. The highest BCUT2D eigenvalue weighted by atomic mass is 16.5. The smallest absolute Gasteiger partial charge is 0.317 e. The largest absolute Gasteiger partial charge is 0.465 e. The number of ketones is 3. The van der Waals surface area contributed by atoms with Gasteiger partial charge in [-0.3, -0.25) is 19.2 Å². The molecule has 2 aromatic rings. The van der Waals surface area contributed by atoms with Gasteiger partial charge in [0, 0.05) is 17.0 Å². The first-order chi connectivity index (χ1) is 13.0. The summed E-state index contributed by atoms with van der Waals surface area (Å²) >= 11 is 0. The SMILES string of the molecule is CCOC(=O)C(C(C)=O)C(c1ccccc1)C1C(=O)c2ccccc2C1=O. The highest BCUT2D eigenvalue weighted by Gasteiger charge is 2.49. The molecular formula is C22H20O5. The molecule has 27 heavy (non-hydrogen) atoms. The summed E-state index contributed by atoms with van der Waals surface area (Å²) in [5.74, 6) is -5.12. The molecule has 1 aliphatic carbocycles. The van der Waals surface area contributed by atoms with E-state index in [1.165, 1.54) is 6.92 Å². The lowest BCUT2D eigenvalue weighted by Gasteiger charge is -2.27. The van der Waals surface area contributed by atoms with Crippen molar-refractivity contribution in [3.8, 4) is 0 Å². The lowest BCUT2D eigenvalue weighted by Crippen LogP contribution is -2.38. The number of esters is 1. The van der Waals surface area contributed by atoms with Crippen molar-refractivity contribution in [3.05, 3.63) is 71.3 Å². The Kier molecular flexibility index (Phi) is 5.31. The zero-order valence-electron chi connectivity index (χ0n) is 15.2. The van der Waals surface area contributed by atoms with Gasteiger partial charge in [0.1, 0.15) is 11.7 Å². The maximum absolute atomic E-state index is 13.0. The number of hydrogen-bond donors (Lipinski definition) is 0. The molecule has 0 aliphatic heterocycles. The molecule has 0 N–H and O–H groups in total. The van der Waals surface area contributed by atoms with Crippen LogP contribution in [0.2, 0.25) is 0 Å². The predicted molar refractivity (Wildman–Crippen MR) is 98.6 cm³/mol. The van der Waals surface area contributed by atoms with Gasteiger partial charge in [0.15, 0.2) is 11.6 Å². The van der Waals surface area contributed by atoms with Crippen LogP contribution in [0.4, 0.5) is 0 Å². The molecule has 0 fully saturated rings. The topological polar surface area (TPSA) is 77.5 Å². The molecule has 5 heteroatoms. The number of fused-ring (bicyclic) bond motifs is 1. The van der Waals surface area contributed by atoms with E-state index in [2.05, 4.69) is 0 Å². The molecule has 0 radical (unpaired) electrons. The maximum atomic E-state index is 13.0. The molecular weight excluding hydrogens is 344 g/mol. The third-order valence-corrected chi connectivity index (χ3v) is 4.90. The van der Waals surface area contributed by atoms with E-state index in [-0.39, 0.29) is 18.2 Å². The van der Waals surface area contributed by atoms with Crippen LogP contribution in [-0.4, -0.2) is 29.9 Å². The molecule has 0 heterocycles. The molecule has 0 bridgehead atoms. The van der Waals surface area contributed by atoms with Crippen LogP contribution in [0.5, 0.6) is 0 Å². The summed E-state index contributed by atoms with van der Waals surface area (Å²) in [5, 5.41) is 0. The summed E-state index contributed by atoms with van der Waals surface area (Å²) in [6, 6.07) is 15.3. The molecule has 5 nitrogen and oxygen atoms in total. The van der Waals surface area contributed by atoms with E-state index in [0.29, 0.717) is 16.7 Å². The van der Waals surface area contributed by atoms with Crippen LogP contribution in [0.3, 0.4) is 0 Å². The normalized spacial score (nSPS) is 15.9. The van der Waals surface area contributed by atoms with Gasteiger partial charge in [0.05, 0.1) is 12.5 Å². The third-order valence-electron chi connectivity index (χ3n) is 4.90. The number of hydrogen-bond acceptors (Lipinski definition) is 5. The van der Waals surface area contributed by atoms with Gasteiger partial charge in [-0.2, -0.15) is 0 Å². The van der Waals surface area contributed by atoms with Gasteiger partial charge in [0.25, 0.3) is 0 Å². The van der Waals surface area contributed by atoms with Crippen molar-refractivity contribution in [2.24, 2.45) is 11.8 Å². The van der Waals surface area contributed by atoms with Gasteiger partial charge < -0.3 is 4.74 Å². The monoisotopic (exact) mass is 364 g/mol. The van der Waals surface area contributed by atoms with Crippen molar-refractivity contribution >= 4 is 23.3 Å². The van der Waals surface area contributed by atoms with Crippen LogP contribution in [0.15, 0.2) is 54.6 Å². The Balaban J connectivity index is 2.14. The average Bonchev–Trinajstić information content (AvgIpc) is 2.91. The molecule has 2 atom stereocenters. The van der Waals surface area contributed by atoms with Gasteiger partial charge in [-0.15, -0.1) is 0 Å². The standard InChI is InChI=1S/C22H20O5/c1-3-27-22(26)17(13(2)23)18(14-9-5-4-6-10-14)19-20(24)15-11-7-8-12-16(15)21(19)25/h4-12,17-19H,3H2,1-2H3. The Bertz CT molecular complexity index is 865. The van der Waals surface area contributed by atoms with E-state index in [1.54, 1.807) is 61.5 Å². The Morgan fingerprint density at radius 1 is 0.926 bits per heavy atom. The second kappa shape index (κ2) is 7.66. The first-order valence-electron chi connectivity index (χ1n) is 8.86. The quantitative estimate of drug-likeness (QED) is 0.581. The molecule has 3 rings (SSSR count). The fourth-order valence-electron chi connectivity index (χ4n) is 3.74. The van der Waals surface area contributed by atoms with E-state index in [9.17, 15) is 19.2 Å². The maximum Gasteiger partial charge on any atom is 0.317 e. The number of ether oxygens (including phenoxy) is 1. The Labute approximate surface area is 157 Å². The lowest BCUT2D eigenvalue weighted by molar-refractivity contribution is -0.152. The van der Waals surface area contributed by atoms with Gasteiger partial charge in [-0.1, -0.05) is 54.6 Å². The first kappa shape index (κ1) is 18.7. The number of carbonyl (C=O) groups is 4. The second-order valence-electron chi connectivity index (χ2n) is 6.53. The highest BCUT2D eigenvalue weighted by Crippen LogP contribution is 2.41. The first-order valence-corrected chi connectivity index (χ1v) is 8.86. The van der Waals surface area contributed by atoms with Crippen molar-refractivity contribution in [3.63, 3.8) is 0 Å². The molecule has 138 valence electrons. The van der Waals surface area contributed by atoms with Crippen molar-refractivity contribution in [2.45, 2.75) is 19.8 Å². The van der Waals surface area contributed by atoms with E-state index in [0.717, 1.165) is 0 Å². The van der Waals surface area contributed by atoms with Gasteiger partial charge in [-0.05, 0) is 19.4 Å². The van der Waals surface area contributed by atoms with E-state index in [4.69, 9.17) is 4.74 Å². The highest BCUT2D eigenvalue weighted by molar-refractivity contribution is 6.27. The fourth-order valence-corrected chi connectivity index (χ4v) is 3.74. The summed E-state index contributed by atoms with van der Waals surface area (Å²) < 4.78 is 5.09. The summed E-state index contributed by atoms with van der Waals surface area (Å²) in [7, 11) is 0. The van der Waals surface area contributed by atoms with Crippen molar-refractivity contribution < 1.29 is 23.9 Å². The number of benzene rings is 2. The van der Waals surface area contributed by atoms with Crippen LogP contribution < -0.4 is 0 Å². The Morgan fingerprint density at radius 2 is 1.44 bits per heavy atom. The molecule has 0 saturated carbocycles. The average molecular weight is 364 g/mol. The zero-order chi connectivity index (χ0) is 19.6. The molecule has 0 spiro atoms. The van der Waals surface area contributed by atoms with Gasteiger partial charge in [-0.25, -0.2) is 0 Å². The van der Waals surface area contributed by atoms with Crippen molar-refractivity contribution in [1.29, 1.82) is 0 Å². The second-order valence-corrected chi connectivity index (χ2v) is 6.53. The summed E-state index contributed by atoms with van der Waals surface area (Å²) in [5.41, 5.74) is 1.25. The number of Topliss-reactive ketones (excluding diaryl/α,β-unsaturated/α-hetero) is 3. The van der Waals surface area contributed by atoms with Crippen molar-refractivity contribution in [2.75, 3.05) is 6.61 Å². The zero-order valence-corrected chi connectivity index (χ0v) is 15.2. The molecule has 1 aliphatic rings. The Morgan fingerprint density at radius 3 is 1.93 bits per heavy atom. The minimum atomic E-state index is -1.22. The predicted octanol–water partition coefficient (Wildman–Crippen LogP) is 3.23. The molecule has 0 amide bonds. The van der Waals surface area contributed by atoms with Crippen LogP contribution >= 0.6 is 0 Å². The van der Waals surface area contributed by atoms with E-state index < -0.39 is 29.5 Å². The van der Waals surface area contributed by atoms with Crippen LogP contribution in [0.1, 0.15) is 46.0 Å². The lowest BCUT2D eigenvalue weighted by atomic mass is 9.73. The molecule has 2 aromatic carbocycles. The molecule has 0 aromatic heterocycles. The fraction of sp³-hybridized carbons (Fsp3) is 0.273. The van der Waals surface area contributed by atoms with E-state index >= 15 is 0 Å². The van der Waals surface area contributed by atoms with Crippen LogP contribution in [0, 0.1) is 11.8 Å². The third kappa shape index (κ3) is 3.33. The number of carbonyl (C=O) groups excluding carboxylic acids is 4. The molecule has 0 saturated heterocycles. The minimum Gasteiger partial charge on any atom is -0.465 e. The summed E-state index contributed by atoms with van der Waals surface area (Å²) in [4.78, 5) is 51.1. The number of rotatable bonds is 6. The minimum absolute atomic E-state index is 0.108. The summed E-state index contributed by atoms with van der Waals surface area (Å²) in [6.07, 6.45) is 0.